The van der Waals surface area contributed by atoms with Gasteiger partial charge in [-0.15, -0.1) is 0 Å². The second-order valence-electron chi connectivity index (χ2n) is 30.0. The van der Waals surface area contributed by atoms with Gasteiger partial charge in [0.2, 0.25) is 0 Å². The molecule has 91 heavy (non-hydrogen) atoms. The molecule has 0 aliphatic carbocycles. The predicted molar refractivity (Wildman–Crippen MR) is 362 cm³/mol. The van der Waals surface area contributed by atoms with Gasteiger partial charge in [-0.05, 0) is 118 Å². The number of ketones is 2. The average molecular weight is 1280 g/mol. The maximum Gasteiger partial charge on any atom is 0.305 e. The molecular weight excluding hydrogens is 1170 g/mol. The Morgan fingerprint density at radius 2 is 1.09 bits per heavy atom. The molecule has 11 rings (SSSR count). The summed E-state index contributed by atoms with van der Waals surface area (Å²) in [5.74, 6) is 0.434. The smallest absolute Gasteiger partial charge is 0.305 e. The highest BCUT2D eigenvalue weighted by molar-refractivity contribution is 7.00. The first-order valence-electron chi connectivity index (χ1n) is 34.7. The second kappa shape index (κ2) is 28.7. The fourth-order valence-corrected chi connectivity index (χ4v) is 26.1. The van der Waals surface area contributed by atoms with Gasteiger partial charge in [-0.1, -0.05) is 209 Å². The predicted octanol–water partition coefficient (Wildman–Crippen LogP) is 12.8. The lowest BCUT2D eigenvalue weighted by atomic mass is 9.79. The second-order valence-corrected chi connectivity index (χ2v) is 38.5. The van der Waals surface area contributed by atoms with Crippen molar-refractivity contribution in [3.8, 4) is 0 Å². The lowest BCUT2D eigenvalue weighted by Crippen LogP contribution is -2.73. The van der Waals surface area contributed by atoms with Gasteiger partial charge >= 0.3 is 5.97 Å². The first kappa shape index (κ1) is 67.7. The van der Waals surface area contributed by atoms with E-state index in [2.05, 4.69) is 197 Å². The van der Waals surface area contributed by atoms with Crippen molar-refractivity contribution in [3.63, 3.8) is 0 Å². The first-order chi connectivity index (χ1) is 43.6. The summed E-state index contributed by atoms with van der Waals surface area (Å²) in [5.41, 5.74) is 3.19. The lowest BCUT2D eigenvalue weighted by molar-refractivity contribution is -0.254. The molecule has 7 aliphatic heterocycles. The Balaban J connectivity index is 1.01. The highest BCUT2D eigenvalue weighted by atomic mass is 28.4. The Kier molecular flexibility index (Phi) is 21.4. The van der Waals surface area contributed by atoms with Crippen LogP contribution >= 0.6 is 0 Å². The highest BCUT2D eigenvalue weighted by Crippen LogP contribution is 2.50. The van der Waals surface area contributed by atoms with Crippen molar-refractivity contribution in [1.29, 1.82) is 0 Å². The summed E-state index contributed by atoms with van der Waals surface area (Å²) in [6.07, 6.45) is 2.21. The van der Waals surface area contributed by atoms with Crippen LogP contribution in [-0.4, -0.2) is 126 Å². The van der Waals surface area contributed by atoms with E-state index >= 15 is 9.59 Å². The maximum absolute atomic E-state index is 15.3. The maximum atomic E-state index is 15.3. The van der Waals surface area contributed by atoms with Crippen molar-refractivity contribution in [2.75, 3.05) is 6.61 Å². The van der Waals surface area contributed by atoms with Gasteiger partial charge in [-0.25, -0.2) is 0 Å². The van der Waals surface area contributed by atoms with Crippen molar-refractivity contribution in [3.05, 3.63) is 145 Å². The number of carbonyl (C=O) groups is 3. The van der Waals surface area contributed by atoms with E-state index in [-0.39, 0.29) is 91.9 Å². The SMILES string of the molecule is C=C1CC2CCC(=O)C[C@H]3O[C@H]4[C@@H](O[Si](c5ccccc5)(c5ccccc5)C(C)(C)C)[C@H]5O[C@H](CC[C@@H]5O[C@H]4[C@H]3O[Si](c3ccccc3)(c3ccccc3)C(C)(C)C)CC(=O)CC3[C@H](CC4O[C@@H](CCC1O2)CC(C)=C4COC(=O)CC)O[C@H](C[C@H](C)CC)[C@@H]3C. The summed E-state index contributed by atoms with van der Waals surface area (Å²) in [4.78, 5) is 43.2. The molecule has 14 heteroatoms. The molecule has 7 aliphatic rings. The third kappa shape index (κ3) is 14.3. The van der Waals surface area contributed by atoms with Crippen molar-refractivity contribution in [2.24, 2.45) is 17.8 Å². The minimum Gasteiger partial charge on any atom is -0.461 e. The van der Waals surface area contributed by atoms with Gasteiger partial charge < -0.3 is 42.0 Å². The van der Waals surface area contributed by atoms with Gasteiger partial charge in [0, 0.05) is 38.5 Å². The molecule has 4 aromatic rings. The molecule has 0 amide bonds. The number of benzene rings is 4. The lowest BCUT2D eigenvalue weighted by Gasteiger charge is -2.53. The molecule has 8 bridgehead atoms. The number of ether oxygens (including phenoxy) is 7. The number of Topliss-reactive ketones (excluding diaryl/α,β-unsaturated/α-hetero) is 2. The minimum absolute atomic E-state index is 0.0257. The number of rotatable bonds is 14. The molecule has 17 atom stereocenters. The van der Waals surface area contributed by atoms with E-state index in [4.69, 9.17) is 42.0 Å². The van der Waals surface area contributed by atoms with E-state index in [1.54, 1.807) is 0 Å². The van der Waals surface area contributed by atoms with Crippen LogP contribution in [0.3, 0.4) is 0 Å². The van der Waals surface area contributed by atoms with Crippen LogP contribution in [0.2, 0.25) is 10.1 Å². The molecular formula is C77H104O12Si2. The van der Waals surface area contributed by atoms with Crippen LogP contribution < -0.4 is 20.7 Å². The van der Waals surface area contributed by atoms with Crippen molar-refractivity contribution in [1.82, 2.24) is 0 Å². The number of esters is 1. The van der Waals surface area contributed by atoms with Crippen LogP contribution in [-0.2, 0) is 56.4 Å². The Hall–Kier alpha value is -4.72. The quantitative estimate of drug-likeness (QED) is 0.0676. The minimum atomic E-state index is -3.38. The zero-order valence-corrected chi connectivity index (χ0v) is 58.3. The van der Waals surface area contributed by atoms with E-state index in [0.717, 1.165) is 57.6 Å². The first-order valence-corrected chi connectivity index (χ1v) is 38.5. The van der Waals surface area contributed by atoms with Crippen molar-refractivity contribution >= 4 is 54.9 Å². The summed E-state index contributed by atoms with van der Waals surface area (Å²) in [5, 5.41) is 3.67. The molecule has 6 fully saturated rings. The van der Waals surface area contributed by atoms with E-state index < -0.39 is 75.5 Å². The van der Waals surface area contributed by atoms with E-state index in [9.17, 15) is 4.79 Å². The number of hydrogen-bond acceptors (Lipinski definition) is 12. The van der Waals surface area contributed by atoms with Gasteiger partial charge in [0.05, 0.1) is 54.9 Å². The van der Waals surface area contributed by atoms with E-state index in [0.29, 0.717) is 57.3 Å². The van der Waals surface area contributed by atoms with E-state index in [1.165, 1.54) is 5.57 Å². The van der Waals surface area contributed by atoms with Crippen LogP contribution in [0.25, 0.3) is 0 Å². The van der Waals surface area contributed by atoms with Crippen LogP contribution in [0.15, 0.2) is 145 Å². The van der Waals surface area contributed by atoms with Gasteiger partial charge in [-0.2, -0.15) is 0 Å². The number of hydrogen-bond donors (Lipinski definition) is 0. The third-order valence-corrected chi connectivity index (χ3v) is 31.9. The molecule has 4 aromatic carbocycles. The number of carbonyl (C=O) groups excluding carboxylic acids is 3. The molecule has 12 nitrogen and oxygen atoms in total. The fourth-order valence-electron chi connectivity index (χ4n) is 16.7. The monoisotopic (exact) mass is 1280 g/mol. The van der Waals surface area contributed by atoms with Crippen LogP contribution in [0.5, 0.6) is 0 Å². The highest BCUT2D eigenvalue weighted by Gasteiger charge is 2.65. The van der Waals surface area contributed by atoms with Crippen LogP contribution in [0.4, 0.5) is 0 Å². The van der Waals surface area contributed by atoms with Crippen molar-refractivity contribution < 1.29 is 56.4 Å². The molecule has 4 unspecified atom stereocenters. The summed E-state index contributed by atoms with van der Waals surface area (Å²) in [6.45, 7) is 29.2. The Morgan fingerprint density at radius 3 is 1.65 bits per heavy atom. The number of fused-ring (bicyclic) bond motifs is 7. The van der Waals surface area contributed by atoms with Crippen LogP contribution in [0.1, 0.15) is 172 Å². The fraction of sp³-hybridized carbons (Fsp3) is 0.597. The largest absolute Gasteiger partial charge is 0.461 e. The summed E-state index contributed by atoms with van der Waals surface area (Å²) < 4.78 is 66.7. The zero-order chi connectivity index (χ0) is 64.4. The molecule has 0 spiro atoms. The topological polar surface area (TPSA) is 134 Å². The molecule has 492 valence electrons. The Morgan fingerprint density at radius 1 is 0.571 bits per heavy atom. The van der Waals surface area contributed by atoms with Gasteiger partial charge in [-0.3, -0.25) is 14.4 Å². The summed E-state index contributed by atoms with van der Waals surface area (Å²) in [6, 6.07) is 42.8. The summed E-state index contributed by atoms with van der Waals surface area (Å²) in [7, 11) is -6.71. The molecule has 0 N–H and O–H groups in total. The standard InChI is InChI=1S/C77H104O12Si2/c1-13-49(3)41-66-52(6)62-45-54(79)44-57-38-40-65-71(84-57)75(89-91(77(10,11)12,60-31-23-17-24-32-60)61-33-25-18-26-34-61)74-73(86-65)72(88-90(76(7,8)9,58-27-19-15-20-28-58)59-29-21-16-22-30-59)69(87-74)46-53(78)35-36-55-43-51(5)64(82-55)39-37-56-42-50(4)63(48-81-70(80)14-2)68(83-56)47-67(62)85-66/h15-34,49,52,55-57,62,64-69,71-75H,5,13-14,35-48H2,1-4,6-12H3/t49-,52-,55?,56+,57-,62?,64?,65+,66-,67+,68?,69-,71+,72+,73+,74-,75+/m1/s1. The van der Waals surface area contributed by atoms with Gasteiger partial charge in [0.1, 0.15) is 48.7 Å². The molecule has 7 heterocycles. The summed E-state index contributed by atoms with van der Waals surface area (Å²) >= 11 is 0. The molecule has 0 radical (unpaired) electrons. The van der Waals surface area contributed by atoms with Gasteiger partial charge in [0.15, 0.2) is 0 Å². The normalized spacial score (nSPS) is 32.5. The zero-order valence-electron chi connectivity index (χ0n) is 56.3. The third-order valence-electron chi connectivity index (χ3n) is 21.8. The average Bonchev–Trinajstić information content (AvgIpc) is 1.68. The molecule has 0 saturated carbocycles. The Labute approximate surface area is 545 Å². The van der Waals surface area contributed by atoms with E-state index in [1.807, 2.05) is 6.92 Å². The Bertz CT molecular complexity index is 3060. The molecule has 0 aromatic heterocycles. The van der Waals surface area contributed by atoms with Crippen LogP contribution in [0, 0.1) is 17.8 Å². The molecule has 6 saturated heterocycles. The van der Waals surface area contributed by atoms with Crippen molar-refractivity contribution in [2.45, 2.75) is 268 Å². The van der Waals surface area contributed by atoms with Gasteiger partial charge in [0.25, 0.3) is 16.6 Å².